The average Bonchev–Trinajstić information content (AvgIpc) is 3.97. The van der Waals surface area contributed by atoms with Crippen molar-refractivity contribution in [2.45, 2.75) is 0 Å². The first-order valence-corrected chi connectivity index (χ1v) is 23.9. The monoisotopic (exact) mass is 874 g/mol. The van der Waals surface area contributed by atoms with Crippen LogP contribution in [0, 0.1) is 10.8 Å². The van der Waals surface area contributed by atoms with Crippen molar-refractivity contribution in [3.63, 3.8) is 0 Å². The lowest BCUT2D eigenvalue weighted by atomic mass is 9.80. The van der Waals surface area contributed by atoms with Crippen LogP contribution in [0.3, 0.4) is 0 Å². The molecule has 10 aromatic carbocycles. The molecule has 0 radical (unpaired) electrons. The summed E-state index contributed by atoms with van der Waals surface area (Å²) in [5.41, 5.74) is 18.0. The summed E-state index contributed by atoms with van der Waals surface area (Å²) < 4.78 is 5.25. The van der Waals surface area contributed by atoms with Gasteiger partial charge >= 0.3 is 0 Å². The zero-order valence-corrected chi connectivity index (χ0v) is 37.2. The Hall–Kier alpha value is -8.02. The van der Waals surface area contributed by atoms with Gasteiger partial charge in [-0.25, -0.2) is 0 Å². The fourth-order valence-corrected chi connectivity index (χ4v) is 12.5. The molecule has 0 spiro atoms. The van der Waals surface area contributed by atoms with Crippen LogP contribution in [-0.4, -0.2) is 11.4 Å². The number of rotatable bonds is 6. The standard InChI is InChI=1S/C62H38N2S2/c63-59-51-29-27-43(39-13-5-11-37(31-39)41-15-7-17-45(33-41)47-21-9-23-53-49-19-1-3-25-57(49)65-61(47)53)35-55(51)56-36-44(28-30-52(56)60(59)64)40-14-6-12-38(32-40)42-16-8-18-46(34-42)48-22-10-24-54-50-20-2-4-26-58(50)66-62(48)54/h1-36,63-64H. The van der Waals surface area contributed by atoms with Gasteiger partial charge in [-0.15, -0.1) is 22.7 Å². The summed E-state index contributed by atoms with van der Waals surface area (Å²) in [5, 5.41) is 23.4. The lowest BCUT2D eigenvalue weighted by Crippen LogP contribution is -2.21. The van der Waals surface area contributed by atoms with Crippen LogP contribution in [0.15, 0.2) is 218 Å². The first-order chi connectivity index (χ1) is 32.5. The minimum absolute atomic E-state index is 0.254. The van der Waals surface area contributed by atoms with Gasteiger partial charge in [-0.2, -0.15) is 0 Å². The fraction of sp³-hybridized carbons (Fsp3) is 0. The second-order valence-electron chi connectivity index (χ2n) is 17.2. The van der Waals surface area contributed by atoms with E-state index < -0.39 is 0 Å². The highest BCUT2D eigenvalue weighted by Crippen LogP contribution is 2.44. The third-order valence-electron chi connectivity index (χ3n) is 13.3. The van der Waals surface area contributed by atoms with Gasteiger partial charge in [0.15, 0.2) is 0 Å². The zero-order chi connectivity index (χ0) is 43.9. The molecule has 66 heavy (non-hydrogen) atoms. The van der Waals surface area contributed by atoms with Crippen molar-refractivity contribution in [3.8, 4) is 77.9 Å². The van der Waals surface area contributed by atoms with Gasteiger partial charge in [-0.1, -0.05) is 170 Å². The van der Waals surface area contributed by atoms with Crippen molar-refractivity contribution in [3.05, 3.63) is 230 Å². The number of fused-ring (bicyclic) bond motifs is 9. The van der Waals surface area contributed by atoms with E-state index in [2.05, 4.69) is 206 Å². The Morgan fingerprint density at radius 3 is 0.955 bits per heavy atom. The van der Waals surface area contributed by atoms with E-state index in [1.807, 2.05) is 34.8 Å². The molecule has 0 atom stereocenters. The van der Waals surface area contributed by atoms with E-state index in [0.717, 1.165) is 66.8 Å². The molecule has 0 saturated heterocycles. The van der Waals surface area contributed by atoms with Crippen LogP contribution < -0.4 is 0 Å². The van der Waals surface area contributed by atoms with E-state index in [9.17, 15) is 0 Å². The maximum absolute atomic E-state index is 9.07. The van der Waals surface area contributed by atoms with Crippen LogP contribution in [0.25, 0.3) is 118 Å². The molecule has 0 amide bonds. The third-order valence-corrected chi connectivity index (χ3v) is 15.8. The van der Waals surface area contributed by atoms with Gasteiger partial charge in [-0.05, 0) is 126 Å². The number of hydrogen-bond acceptors (Lipinski definition) is 4. The molecule has 2 nitrogen and oxygen atoms in total. The highest BCUT2D eigenvalue weighted by Gasteiger charge is 2.26. The third kappa shape index (κ3) is 6.29. The van der Waals surface area contributed by atoms with Crippen molar-refractivity contribution in [1.82, 2.24) is 0 Å². The number of nitrogens with one attached hydrogen (secondary N) is 2. The maximum atomic E-state index is 9.07. The molecule has 1 aliphatic rings. The van der Waals surface area contributed by atoms with E-state index in [0.29, 0.717) is 0 Å². The van der Waals surface area contributed by atoms with Crippen molar-refractivity contribution >= 4 is 74.4 Å². The van der Waals surface area contributed by atoms with Gasteiger partial charge in [0, 0.05) is 51.5 Å². The molecule has 4 heteroatoms. The van der Waals surface area contributed by atoms with E-state index in [-0.39, 0.29) is 11.4 Å². The molecule has 308 valence electrons. The van der Waals surface area contributed by atoms with Gasteiger partial charge in [0.2, 0.25) is 0 Å². The Balaban J connectivity index is 0.842. The van der Waals surface area contributed by atoms with Crippen molar-refractivity contribution in [2.24, 2.45) is 0 Å². The fourth-order valence-electron chi connectivity index (χ4n) is 10.0. The Morgan fingerprint density at radius 1 is 0.227 bits per heavy atom. The SMILES string of the molecule is N=C1C(=N)c2ccc(-c3cccc(-c4cccc(-c5cccc6c5sc5ccccc56)c4)c3)cc2-c2cc(-c3cccc(-c4cccc(-c5cccc6c5sc5ccccc56)c4)c3)ccc21. The van der Waals surface area contributed by atoms with Gasteiger partial charge in [0.25, 0.3) is 0 Å². The summed E-state index contributed by atoms with van der Waals surface area (Å²) in [4.78, 5) is 0. The molecule has 0 bridgehead atoms. The summed E-state index contributed by atoms with van der Waals surface area (Å²) in [6.45, 7) is 0. The van der Waals surface area contributed by atoms with Crippen molar-refractivity contribution in [2.75, 3.05) is 0 Å². The molecule has 12 aromatic rings. The molecule has 13 rings (SSSR count). The Labute approximate surface area is 390 Å². The van der Waals surface area contributed by atoms with E-state index in [4.69, 9.17) is 10.8 Å². The Morgan fingerprint density at radius 2 is 0.545 bits per heavy atom. The van der Waals surface area contributed by atoms with Crippen LogP contribution in [0.5, 0.6) is 0 Å². The Bertz CT molecular complexity index is 3740. The molecule has 2 heterocycles. The molecular formula is C62H38N2S2. The molecule has 0 saturated carbocycles. The van der Waals surface area contributed by atoms with Gasteiger partial charge in [0.1, 0.15) is 0 Å². The number of thiophene rings is 2. The number of hydrogen-bond donors (Lipinski definition) is 2. The number of benzene rings is 10. The van der Waals surface area contributed by atoms with Crippen molar-refractivity contribution < 1.29 is 0 Å². The molecular weight excluding hydrogens is 837 g/mol. The predicted octanol–water partition coefficient (Wildman–Crippen LogP) is 17.8. The van der Waals surface area contributed by atoms with Crippen LogP contribution in [0.1, 0.15) is 11.1 Å². The topological polar surface area (TPSA) is 47.7 Å². The second-order valence-corrected chi connectivity index (χ2v) is 19.3. The maximum Gasteiger partial charge on any atom is 0.0874 e. The van der Waals surface area contributed by atoms with Gasteiger partial charge in [0.05, 0.1) is 11.4 Å². The first-order valence-electron chi connectivity index (χ1n) is 22.2. The quantitative estimate of drug-likeness (QED) is 0.167. The largest absolute Gasteiger partial charge is 0.298 e. The summed E-state index contributed by atoms with van der Waals surface area (Å²) >= 11 is 3.72. The van der Waals surface area contributed by atoms with Crippen LogP contribution in [0.2, 0.25) is 0 Å². The highest BCUT2D eigenvalue weighted by molar-refractivity contribution is 7.26. The average molecular weight is 875 g/mol. The lowest BCUT2D eigenvalue weighted by Gasteiger charge is -2.23. The smallest absolute Gasteiger partial charge is 0.0874 e. The van der Waals surface area contributed by atoms with Crippen LogP contribution >= 0.6 is 22.7 Å². The highest BCUT2D eigenvalue weighted by atomic mass is 32.1. The molecule has 1 aliphatic carbocycles. The summed E-state index contributed by atoms with van der Waals surface area (Å²) in [7, 11) is 0. The second kappa shape index (κ2) is 15.3. The Kier molecular flexibility index (Phi) is 8.92. The summed E-state index contributed by atoms with van der Waals surface area (Å²) in [5.74, 6) is 0. The first kappa shape index (κ1) is 38.4. The molecule has 0 aliphatic heterocycles. The molecule has 0 unspecified atom stereocenters. The van der Waals surface area contributed by atoms with E-state index in [1.165, 1.54) is 62.6 Å². The van der Waals surface area contributed by atoms with Crippen molar-refractivity contribution in [1.29, 1.82) is 10.8 Å². The molecule has 2 N–H and O–H groups in total. The normalized spacial score (nSPS) is 12.3. The molecule has 0 fully saturated rings. The minimum Gasteiger partial charge on any atom is -0.298 e. The predicted molar refractivity (Wildman–Crippen MR) is 284 cm³/mol. The lowest BCUT2D eigenvalue weighted by molar-refractivity contribution is 1.42. The van der Waals surface area contributed by atoms with Crippen LogP contribution in [0.4, 0.5) is 0 Å². The van der Waals surface area contributed by atoms with E-state index >= 15 is 0 Å². The minimum atomic E-state index is 0.254. The van der Waals surface area contributed by atoms with E-state index in [1.54, 1.807) is 0 Å². The van der Waals surface area contributed by atoms with Gasteiger partial charge < -0.3 is 0 Å². The summed E-state index contributed by atoms with van der Waals surface area (Å²) in [6.07, 6.45) is 0. The molecule has 2 aromatic heterocycles. The summed E-state index contributed by atoms with van der Waals surface area (Å²) in [6, 6.07) is 78.7. The zero-order valence-electron chi connectivity index (χ0n) is 35.6. The van der Waals surface area contributed by atoms with Gasteiger partial charge in [-0.3, -0.25) is 10.8 Å². The van der Waals surface area contributed by atoms with Crippen LogP contribution in [-0.2, 0) is 0 Å².